The van der Waals surface area contributed by atoms with Crippen LogP contribution in [0, 0.1) is 24.0 Å². The Bertz CT molecular complexity index is 950. The molecule has 0 aliphatic heterocycles. The zero-order valence-electron chi connectivity index (χ0n) is 13.9. The predicted molar refractivity (Wildman–Crippen MR) is 89.7 cm³/mol. The van der Waals surface area contributed by atoms with Gasteiger partial charge < -0.3 is 10.4 Å². The molecule has 0 saturated heterocycles. The third-order valence-corrected chi connectivity index (χ3v) is 5.75. The molecule has 0 unspecified atom stereocenters. The molecule has 0 saturated carbocycles. The van der Waals surface area contributed by atoms with E-state index in [0.717, 1.165) is 6.07 Å². The maximum absolute atomic E-state index is 13.8. The van der Waals surface area contributed by atoms with E-state index >= 15 is 0 Å². The summed E-state index contributed by atoms with van der Waals surface area (Å²) in [7, 11) is -3.61. The molecule has 9 heteroatoms. The molecule has 0 radical (unpaired) electrons. The van der Waals surface area contributed by atoms with Crippen molar-refractivity contribution in [1.29, 1.82) is 5.41 Å². The third-order valence-electron chi connectivity index (χ3n) is 3.62. The minimum Gasteiger partial charge on any atom is -0.341 e. The highest BCUT2D eigenvalue weighted by atomic mass is 32.2. The number of hydrogen-bond donors (Lipinski definition) is 2. The van der Waals surface area contributed by atoms with E-state index in [-0.39, 0.29) is 22.8 Å². The van der Waals surface area contributed by atoms with Crippen LogP contribution in [0.15, 0.2) is 18.2 Å². The molecule has 0 atom stereocenters. The van der Waals surface area contributed by atoms with Crippen molar-refractivity contribution >= 4 is 21.3 Å². The van der Waals surface area contributed by atoms with Gasteiger partial charge in [-0.1, -0.05) is 0 Å². The highest BCUT2D eigenvalue weighted by Gasteiger charge is 2.26. The summed E-state index contributed by atoms with van der Waals surface area (Å²) in [6.07, 6.45) is 0. The van der Waals surface area contributed by atoms with Crippen LogP contribution in [0.25, 0.3) is 11.4 Å². The van der Waals surface area contributed by atoms with Crippen molar-refractivity contribution in [3.63, 3.8) is 0 Å². The minimum atomic E-state index is -3.61. The summed E-state index contributed by atoms with van der Waals surface area (Å²) in [4.78, 5) is 19.0. The zero-order chi connectivity index (χ0) is 18.9. The van der Waals surface area contributed by atoms with E-state index in [1.165, 1.54) is 26.8 Å². The lowest BCUT2D eigenvalue weighted by atomic mass is 10.2. The first-order valence-electron chi connectivity index (χ1n) is 7.38. The number of ketones is 1. The van der Waals surface area contributed by atoms with Gasteiger partial charge in [0.15, 0.2) is 9.84 Å². The topological polar surface area (TPSA) is 104 Å². The molecular formula is C16H17F2N3O3S. The molecule has 2 N–H and O–H groups in total. The zero-order valence-corrected chi connectivity index (χ0v) is 14.7. The van der Waals surface area contributed by atoms with Gasteiger partial charge in [0.25, 0.3) is 0 Å². The summed E-state index contributed by atoms with van der Waals surface area (Å²) in [5, 5.41) is 7.04. The number of carbonyl (C=O) groups is 1. The van der Waals surface area contributed by atoms with Gasteiger partial charge in [-0.2, -0.15) is 0 Å². The molecular weight excluding hydrogens is 352 g/mol. The summed E-state index contributed by atoms with van der Waals surface area (Å²) >= 11 is 0. The molecule has 0 bridgehead atoms. The van der Waals surface area contributed by atoms with Gasteiger partial charge in [0, 0.05) is 11.8 Å². The van der Waals surface area contributed by atoms with Gasteiger partial charge in [0.05, 0.1) is 22.3 Å². The fourth-order valence-corrected chi connectivity index (χ4v) is 2.93. The molecule has 134 valence electrons. The number of nitrogens with zero attached hydrogens (tertiary/aromatic N) is 1. The number of aromatic nitrogens is 2. The van der Waals surface area contributed by atoms with E-state index < -0.39 is 44.0 Å². The van der Waals surface area contributed by atoms with E-state index in [9.17, 15) is 22.0 Å². The van der Waals surface area contributed by atoms with Crippen molar-refractivity contribution in [2.24, 2.45) is 0 Å². The van der Waals surface area contributed by atoms with Crippen LogP contribution < -0.4 is 0 Å². The van der Waals surface area contributed by atoms with Gasteiger partial charge in [-0.15, -0.1) is 0 Å². The number of rotatable bonds is 6. The molecule has 0 aliphatic carbocycles. The number of benzene rings is 1. The van der Waals surface area contributed by atoms with Crippen molar-refractivity contribution in [2.75, 3.05) is 5.75 Å². The van der Waals surface area contributed by atoms with Gasteiger partial charge >= 0.3 is 0 Å². The van der Waals surface area contributed by atoms with Crippen LogP contribution in [0.4, 0.5) is 8.78 Å². The number of halogens is 2. The number of H-pyrrole nitrogens is 1. The Balaban J connectivity index is 2.33. The Morgan fingerprint density at radius 1 is 1.32 bits per heavy atom. The first-order chi connectivity index (χ1) is 11.5. The normalized spacial score (nSPS) is 11.8. The number of Topliss-reactive ketones (excluding diaryl/α,β-unsaturated/α-hetero) is 1. The molecule has 6 nitrogen and oxygen atoms in total. The molecule has 1 heterocycles. The van der Waals surface area contributed by atoms with E-state index in [0.29, 0.717) is 6.07 Å². The molecule has 1 aromatic carbocycles. The van der Waals surface area contributed by atoms with Gasteiger partial charge in [-0.25, -0.2) is 22.2 Å². The fraction of sp³-hybridized carbons (Fsp3) is 0.312. The number of imidazole rings is 1. The van der Waals surface area contributed by atoms with E-state index in [4.69, 9.17) is 5.41 Å². The summed E-state index contributed by atoms with van der Waals surface area (Å²) in [5.41, 5.74) is -0.558. The Labute approximate surface area is 143 Å². The summed E-state index contributed by atoms with van der Waals surface area (Å²) in [5.74, 6) is -3.16. The average Bonchev–Trinajstić information content (AvgIpc) is 2.87. The Hall–Kier alpha value is -2.42. The van der Waals surface area contributed by atoms with Crippen molar-refractivity contribution in [3.05, 3.63) is 41.2 Å². The molecule has 0 fully saturated rings. The SMILES string of the molecule is Cc1[nH]c(-c2ccc(F)cc2F)nc1C(=O)C(=N)CS(=O)(=O)C(C)C. The highest BCUT2D eigenvalue weighted by Crippen LogP contribution is 2.22. The number of aromatic amines is 1. The third kappa shape index (κ3) is 3.98. The van der Waals surface area contributed by atoms with Crippen LogP contribution in [0.5, 0.6) is 0 Å². The lowest BCUT2D eigenvalue weighted by Crippen LogP contribution is -2.28. The molecule has 2 aromatic rings. The van der Waals surface area contributed by atoms with Crippen molar-refractivity contribution in [2.45, 2.75) is 26.0 Å². The first-order valence-corrected chi connectivity index (χ1v) is 9.10. The fourth-order valence-electron chi connectivity index (χ4n) is 2.07. The van der Waals surface area contributed by atoms with Gasteiger partial charge in [-0.05, 0) is 32.9 Å². The maximum Gasteiger partial charge on any atom is 0.227 e. The second kappa shape index (κ2) is 6.83. The Kier molecular flexibility index (Phi) is 5.17. The second-order valence-electron chi connectivity index (χ2n) is 5.85. The molecule has 0 aliphatic rings. The molecule has 0 amide bonds. The Morgan fingerprint density at radius 3 is 2.52 bits per heavy atom. The molecule has 2 rings (SSSR count). The van der Waals surface area contributed by atoms with Crippen LogP contribution in [0.2, 0.25) is 0 Å². The smallest absolute Gasteiger partial charge is 0.227 e. The number of sulfone groups is 1. The largest absolute Gasteiger partial charge is 0.341 e. The molecule has 0 spiro atoms. The van der Waals surface area contributed by atoms with E-state index in [1.807, 2.05) is 0 Å². The average molecular weight is 369 g/mol. The van der Waals surface area contributed by atoms with E-state index in [2.05, 4.69) is 9.97 Å². The predicted octanol–water partition coefficient (Wildman–Crippen LogP) is 2.69. The lowest BCUT2D eigenvalue weighted by Gasteiger charge is -2.07. The van der Waals surface area contributed by atoms with E-state index in [1.54, 1.807) is 0 Å². The Morgan fingerprint density at radius 2 is 1.96 bits per heavy atom. The molecule has 1 aromatic heterocycles. The van der Waals surface area contributed by atoms with Gasteiger partial charge in [0.2, 0.25) is 5.78 Å². The highest BCUT2D eigenvalue weighted by molar-refractivity contribution is 7.92. The molecule has 25 heavy (non-hydrogen) atoms. The standard InChI is InChI=1S/C16H17F2N3O3S/c1-8(2)25(23,24)7-13(19)15(22)14-9(3)20-16(21-14)11-5-4-10(17)6-12(11)18/h4-6,8,19H,7H2,1-3H3,(H,20,21). The summed E-state index contributed by atoms with van der Waals surface area (Å²) in [6, 6.07) is 2.91. The number of aryl methyl sites for hydroxylation is 1. The van der Waals surface area contributed by atoms with Gasteiger partial charge in [-0.3, -0.25) is 4.79 Å². The maximum atomic E-state index is 13.8. The van der Waals surface area contributed by atoms with Crippen LogP contribution in [0.3, 0.4) is 0 Å². The van der Waals surface area contributed by atoms with Crippen LogP contribution in [-0.2, 0) is 9.84 Å². The van der Waals surface area contributed by atoms with Crippen LogP contribution in [0.1, 0.15) is 30.0 Å². The first kappa shape index (κ1) is 18.9. The lowest BCUT2D eigenvalue weighted by molar-refractivity contribution is 0.106. The number of nitrogens with one attached hydrogen (secondary N) is 2. The van der Waals surface area contributed by atoms with Crippen molar-refractivity contribution < 1.29 is 22.0 Å². The summed E-state index contributed by atoms with van der Waals surface area (Å²) < 4.78 is 50.6. The minimum absolute atomic E-state index is 0.00198. The number of carbonyl (C=O) groups excluding carboxylic acids is 1. The summed E-state index contributed by atoms with van der Waals surface area (Å²) in [6.45, 7) is 4.42. The van der Waals surface area contributed by atoms with Crippen LogP contribution >= 0.6 is 0 Å². The quantitative estimate of drug-likeness (QED) is 0.603. The number of hydrogen-bond acceptors (Lipinski definition) is 5. The second-order valence-corrected chi connectivity index (χ2v) is 8.40. The van der Waals surface area contributed by atoms with Crippen molar-refractivity contribution in [1.82, 2.24) is 9.97 Å². The van der Waals surface area contributed by atoms with Gasteiger partial charge in [0.1, 0.15) is 23.2 Å². The van der Waals surface area contributed by atoms with Crippen LogP contribution in [-0.4, -0.2) is 40.9 Å². The monoisotopic (exact) mass is 369 g/mol. The van der Waals surface area contributed by atoms with Crippen molar-refractivity contribution in [3.8, 4) is 11.4 Å².